The van der Waals surface area contributed by atoms with Crippen molar-refractivity contribution in [3.05, 3.63) is 12.2 Å². The normalized spacial score (nSPS) is 10.7. The van der Waals surface area contributed by atoms with Crippen molar-refractivity contribution in [1.29, 1.82) is 0 Å². The van der Waals surface area contributed by atoms with E-state index in [-0.39, 0.29) is 11.9 Å². The summed E-state index contributed by atoms with van der Waals surface area (Å²) in [6, 6.07) is 0.0796. The number of hydrogen-bond donors (Lipinski definition) is 1. The molecule has 0 aliphatic rings. The molecule has 0 bridgehead atoms. The summed E-state index contributed by atoms with van der Waals surface area (Å²) in [4.78, 5) is 22.6. The minimum Gasteiger partial charge on any atom is -0.478 e. The van der Waals surface area contributed by atoms with Crippen molar-refractivity contribution >= 4 is 11.9 Å². The van der Waals surface area contributed by atoms with Gasteiger partial charge in [-0.25, -0.2) is 4.79 Å². The molecule has 0 fully saturated rings. The largest absolute Gasteiger partial charge is 0.478 e. The predicted octanol–water partition coefficient (Wildman–Crippen LogP) is 0.494. The number of carbonyl (C=O) groups excluding carboxylic acids is 1. The lowest BCUT2D eigenvalue weighted by molar-refractivity contribution is -0.132. The molecule has 4 nitrogen and oxygen atoms in total. The summed E-state index contributed by atoms with van der Waals surface area (Å²) in [6.07, 6.45) is 1.88. The standard InChI is InChI=1S/C8H13NO3/c1-6(2)9(3)7(10)4-5-8(11)12/h4-6H,1-3H3,(H,11,12)/b5-4+. The van der Waals surface area contributed by atoms with Gasteiger partial charge in [0.05, 0.1) is 0 Å². The molecule has 0 radical (unpaired) electrons. The minimum atomic E-state index is -1.11. The van der Waals surface area contributed by atoms with Crippen LogP contribution in [-0.2, 0) is 9.59 Å². The van der Waals surface area contributed by atoms with E-state index < -0.39 is 5.97 Å². The number of nitrogens with zero attached hydrogens (tertiary/aromatic N) is 1. The van der Waals surface area contributed by atoms with Crippen molar-refractivity contribution in [3.63, 3.8) is 0 Å². The zero-order chi connectivity index (χ0) is 9.72. The Morgan fingerprint density at radius 1 is 1.33 bits per heavy atom. The number of aliphatic carboxylic acids is 1. The zero-order valence-electron chi connectivity index (χ0n) is 7.44. The molecule has 4 heteroatoms. The first-order valence-electron chi connectivity index (χ1n) is 3.63. The topological polar surface area (TPSA) is 57.6 Å². The molecular formula is C8H13NO3. The van der Waals surface area contributed by atoms with E-state index in [1.54, 1.807) is 7.05 Å². The van der Waals surface area contributed by atoms with Crippen LogP contribution in [0, 0.1) is 0 Å². The van der Waals surface area contributed by atoms with Crippen LogP contribution in [0.15, 0.2) is 12.2 Å². The van der Waals surface area contributed by atoms with Crippen molar-refractivity contribution < 1.29 is 14.7 Å². The molecule has 0 heterocycles. The van der Waals surface area contributed by atoms with E-state index in [9.17, 15) is 9.59 Å². The molecule has 0 aliphatic carbocycles. The van der Waals surface area contributed by atoms with Crippen LogP contribution in [0.5, 0.6) is 0 Å². The summed E-state index contributed by atoms with van der Waals surface area (Å²) in [5.41, 5.74) is 0. The fourth-order valence-corrected chi connectivity index (χ4v) is 0.515. The van der Waals surface area contributed by atoms with Crippen LogP contribution in [0.2, 0.25) is 0 Å². The molecule has 0 atom stereocenters. The van der Waals surface area contributed by atoms with Crippen molar-refractivity contribution in [3.8, 4) is 0 Å². The second-order valence-corrected chi connectivity index (χ2v) is 2.71. The Kier molecular flexibility index (Phi) is 4.04. The smallest absolute Gasteiger partial charge is 0.328 e. The summed E-state index contributed by atoms with van der Waals surface area (Å²) in [7, 11) is 1.62. The third kappa shape index (κ3) is 3.75. The maximum Gasteiger partial charge on any atom is 0.328 e. The highest BCUT2D eigenvalue weighted by Gasteiger charge is 2.07. The first-order chi connectivity index (χ1) is 5.45. The van der Waals surface area contributed by atoms with Gasteiger partial charge >= 0.3 is 5.97 Å². The zero-order valence-corrected chi connectivity index (χ0v) is 7.44. The fourth-order valence-electron chi connectivity index (χ4n) is 0.515. The van der Waals surface area contributed by atoms with Crippen LogP contribution in [-0.4, -0.2) is 35.0 Å². The number of rotatable bonds is 3. The first-order valence-corrected chi connectivity index (χ1v) is 3.63. The number of carbonyl (C=O) groups is 2. The Hall–Kier alpha value is -1.32. The van der Waals surface area contributed by atoms with Gasteiger partial charge in [-0.2, -0.15) is 0 Å². The van der Waals surface area contributed by atoms with Gasteiger partial charge in [0.2, 0.25) is 5.91 Å². The van der Waals surface area contributed by atoms with Crippen LogP contribution < -0.4 is 0 Å². The highest BCUT2D eigenvalue weighted by Crippen LogP contribution is 1.94. The van der Waals surface area contributed by atoms with Crippen LogP contribution in [0.1, 0.15) is 13.8 Å². The molecule has 0 aliphatic heterocycles. The van der Waals surface area contributed by atoms with Crippen LogP contribution in [0.25, 0.3) is 0 Å². The van der Waals surface area contributed by atoms with Gasteiger partial charge in [-0.3, -0.25) is 4.79 Å². The van der Waals surface area contributed by atoms with Crippen LogP contribution in [0.4, 0.5) is 0 Å². The maximum absolute atomic E-state index is 11.1. The lowest BCUT2D eigenvalue weighted by Crippen LogP contribution is -2.31. The number of amides is 1. The number of hydrogen-bond acceptors (Lipinski definition) is 2. The minimum absolute atomic E-state index is 0.0796. The maximum atomic E-state index is 11.1. The van der Waals surface area contributed by atoms with Crippen molar-refractivity contribution in [2.45, 2.75) is 19.9 Å². The average Bonchev–Trinajstić information content (AvgIpc) is 1.98. The lowest BCUT2D eigenvalue weighted by atomic mass is 10.3. The predicted molar refractivity (Wildman–Crippen MR) is 44.7 cm³/mol. The molecule has 0 saturated heterocycles. The molecule has 1 N–H and O–H groups in total. The molecule has 0 aromatic carbocycles. The van der Waals surface area contributed by atoms with Gasteiger partial charge in [-0.1, -0.05) is 0 Å². The summed E-state index contributed by atoms with van der Waals surface area (Å²) in [5.74, 6) is -1.41. The quantitative estimate of drug-likeness (QED) is 0.629. The summed E-state index contributed by atoms with van der Waals surface area (Å²) in [5, 5.41) is 8.23. The Labute approximate surface area is 71.5 Å². The SMILES string of the molecule is CC(C)N(C)C(=O)/C=C/C(=O)O. The second-order valence-electron chi connectivity index (χ2n) is 2.71. The highest BCUT2D eigenvalue weighted by atomic mass is 16.4. The van der Waals surface area contributed by atoms with Gasteiger partial charge in [0.25, 0.3) is 0 Å². The van der Waals surface area contributed by atoms with Gasteiger partial charge in [0.15, 0.2) is 0 Å². The highest BCUT2D eigenvalue weighted by molar-refractivity contribution is 5.93. The third-order valence-electron chi connectivity index (χ3n) is 1.49. The van der Waals surface area contributed by atoms with Gasteiger partial charge in [0.1, 0.15) is 0 Å². The first kappa shape index (κ1) is 10.7. The van der Waals surface area contributed by atoms with Gasteiger partial charge in [-0.05, 0) is 13.8 Å². The monoisotopic (exact) mass is 171 g/mol. The van der Waals surface area contributed by atoms with E-state index >= 15 is 0 Å². The van der Waals surface area contributed by atoms with E-state index in [0.717, 1.165) is 12.2 Å². The average molecular weight is 171 g/mol. The molecular weight excluding hydrogens is 158 g/mol. The fraction of sp³-hybridized carbons (Fsp3) is 0.500. The molecule has 68 valence electrons. The molecule has 12 heavy (non-hydrogen) atoms. The summed E-state index contributed by atoms with van der Waals surface area (Å²) in [6.45, 7) is 3.71. The lowest BCUT2D eigenvalue weighted by Gasteiger charge is -2.19. The molecule has 0 spiro atoms. The Bertz CT molecular complexity index is 208. The van der Waals surface area contributed by atoms with E-state index in [0.29, 0.717) is 0 Å². The second kappa shape index (κ2) is 4.54. The molecule has 0 unspecified atom stereocenters. The van der Waals surface area contributed by atoms with Crippen molar-refractivity contribution in [2.75, 3.05) is 7.05 Å². The van der Waals surface area contributed by atoms with Gasteiger partial charge in [-0.15, -0.1) is 0 Å². The van der Waals surface area contributed by atoms with E-state index in [2.05, 4.69) is 0 Å². The summed E-state index contributed by atoms with van der Waals surface area (Å²) >= 11 is 0. The Morgan fingerprint density at radius 2 is 1.83 bits per heavy atom. The van der Waals surface area contributed by atoms with E-state index in [1.165, 1.54) is 4.90 Å². The number of carboxylic acids is 1. The van der Waals surface area contributed by atoms with Gasteiger partial charge in [0, 0.05) is 25.2 Å². The van der Waals surface area contributed by atoms with Crippen molar-refractivity contribution in [2.24, 2.45) is 0 Å². The Balaban J connectivity index is 4.13. The Morgan fingerprint density at radius 3 is 2.17 bits per heavy atom. The van der Waals surface area contributed by atoms with Crippen LogP contribution >= 0.6 is 0 Å². The number of carboxylic acid groups (broad SMARTS) is 1. The molecule has 1 amide bonds. The van der Waals surface area contributed by atoms with E-state index in [1.807, 2.05) is 13.8 Å². The van der Waals surface area contributed by atoms with Crippen LogP contribution in [0.3, 0.4) is 0 Å². The molecule has 0 saturated carbocycles. The molecule has 0 rings (SSSR count). The molecule has 0 aromatic heterocycles. The summed E-state index contributed by atoms with van der Waals surface area (Å²) < 4.78 is 0. The van der Waals surface area contributed by atoms with Gasteiger partial charge < -0.3 is 10.0 Å². The third-order valence-corrected chi connectivity index (χ3v) is 1.49. The van der Waals surface area contributed by atoms with Crippen molar-refractivity contribution in [1.82, 2.24) is 4.90 Å². The molecule has 0 aromatic rings. The van der Waals surface area contributed by atoms with E-state index in [4.69, 9.17) is 5.11 Å². The number of likely N-dealkylation sites (N-methyl/N-ethyl adjacent to an activating group) is 1.